The van der Waals surface area contributed by atoms with Crippen LogP contribution in [0.1, 0.15) is 29.9 Å². The second-order valence-electron chi connectivity index (χ2n) is 9.62. The lowest BCUT2D eigenvalue weighted by Gasteiger charge is -2.38. The van der Waals surface area contributed by atoms with Gasteiger partial charge in [-0.1, -0.05) is 30.3 Å². The number of carbonyl (C=O) groups is 1. The monoisotopic (exact) mass is 577 g/mol. The number of halogens is 3. The van der Waals surface area contributed by atoms with E-state index in [1.807, 2.05) is 23.1 Å². The van der Waals surface area contributed by atoms with Crippen molar-refractivity contribution in [3.8, 4) is 11.5 Å². The highest BCUT2D eigenvalue weighted by Gasteiger charge is 2.34. The Labute approximate surface area is 231 Å². The molecule has 40 heavy (non-hydrogen) atoms. The van der Waals surface area contributed by atoms with Gasteiger partial charge in [-0.3, -0.25) is 19.2 Å². The molecule has 0 radical (unpaired) electrons. The summed E-state index contributed by atoms with van der Waals surface area (Å²) in [5, 5.41) is 9.42. The lowest BCUT2D eigenvalue weighted by Crippen LogP contribution is -2.55. The number of hydrogen-bond acceptors (Lipinski definition) is 6. The summed E-state index contributed by atoms with van der Waals surface area (Å²) in [4.78, 5) is 14.6. The van der Waals surface area contributed by atoms with E-state index >= 15 is 0 Å². The van der Waals surface area contributed by atoms with E-state index in [4.69, 9.17) is 4.74 Å². The molecule has 0 spiro atoms. The first kappa shape index (κ1) is 29.4. The van der Waals surface area contributed by atoms with Crippen LogP contribution in [-0.2, 0) is 21.0 Å². The third-order valence-corrected chi connectivity index (χ3v) is 8.10. The number of nitrogens with zero attached hydrogens (tertiary/aromatic N) is 2. The lowest BCUT2D eigenvalue weighted by atomic mass is 9.89. The van der Waals surface area contributed by atoms with Crippen molar-refractivity contribution in [2.24, 2.45) is 0 Å². The number of hydroxylamine groups is 1. The molecule has 3 aromatic carbocycles. The molecule has 1 saturated heterocycles. The summed E-state index contributed by atoms with van der Waals surface area (Å²) in [7, 11) is -3.84. The fraction of sp³-hybridized carbons (Fsp3) is 0.321. The normalized spacial score (nSPS) is 15.8. The number of benzene rings is 3. The number of ether oxygens (including phenoxy) is 1. The van der Waals surface area contributed by atoms with Gasteiger partial charge >= 0.3 is 6.18 Å². The van der Waals surface area contributed by atoms with E-state index in [0.29, 0.717) is 19.0 Å². The van der Waals surface area contributed by atoms with Crippen LogP contribution in [0, 0.1) is 0 Å². The number of amides is 1. The molecule has 12 heteroatoms. The minimum Gasteiger partial charge on any atom is -0.457 e. The SMILES string of the molecule is CS(=O)(=O)N(C[C@@H](C(=O)NO)N1CCC(c2ccccc2)CC1)c1ccc(Oc2ccc(C(F)(F)F)cc2)cc1. The van der Waals surface area contributed by atoms with Gasteiger partial charge in [0.05, 0.1) is 24.1 Å². The molecular formula is C28H30F3N3O5S. The Kier molecular flexibility index (Phi) is 9.02. The van der Waals surface area contributed by atoms with Crippen molar-refractivity contribution in [3.63, 3.8) is 0 Å². The van der Waals surface area contributed by atoms with E-state index in [2.05, 4.69) is 12.1 Å². The van der Waals surface area contributed by atoms with Crippen molar-refractivity contribution in [1.29, 1.82) is 0 Å². The van der Waals surface area contributed by atoms with Crippen molar-refractivity contribution >= 4 is 21.6 Å². The molecule has 1 atom stereocenters. The molecule has 1 amide bonds. The van der Waals surface area contributed by atoms with E-state index < -0.39 is 33.7 Å². The molecule has 1 heterocycles. The average Bonchev–Trinajstić information content (AvgIpc) is 2.94. The summed E-state index contributed by atoms with van der Waals surface area (Å²) >= 11 is 0. The highest BCUT2D eigenvalue weighted by atomic mass is 32.2. The average molecular weight is 578 g/mol. The van der Waals surface area contributed by atoms with Crippen LogP contribution >= 0.6 is 0 Å². The zero-order valence-electron chi connectivity index (χ0n) is 21.7. The first-order valence-electron chi connectivity index (χ1n) is 12.6. The Morgan fingerprint density at radius 3 is 2.05 bits per heavy atom. The molecule has 2 N–H and O–H groups in total. The molecule has 0 saturated carbocycles. The third kappa shape index (κ3) is 7.32. The molecule has 3 aromatic rings. The van der Waals surface area contributed by atoms with Gasteiger partial charge in [-0.2, -0.15) is 13.2 Å². The standard InChI is InChI=1S/C28H30F3N3O5S/c1-40(37,38)34(23-9-13-25(14-10-23)39-24-11-7-22(8-12-24)28(29,30)31)19-26(27(35)32-36)33-17-15-21(16-18-33)20-5-3-2-4-6-20/h2-14,21,26,36H,15-19H2,1H3,(H,32,35)/t26-/m0/s1. The molecule has 1 aliphatic rings. The minimum absolute atomic E-state index is 0.180. The van der Waals surface area contributed by atoms with Gasteiger partial charge in [0, 0.05) is 0 Å². The van der Waals surface area contributed by atoms with Crippen LogP contribution in [0.15, 0.2) is 78.9 Å². The minimum atomic E-state index is -4.46. The fourth-order valence-corrected chi connectivity index (χ4v) is 5.74. The summed E-state index contributed by atoms with van der Waals surface area (Å²) in [6, 6.07) is 19.2. The molecule has 0 bridgehead atoms. The van der Waals surface area contributed by atoms with Crippen LogP contribution in [0.2, 0.25) is 0 Å². The Balaban J connectivity index is 1.48. The van der Waals surface area contributed by atoms with E-state index in [-0.39, 0.29) is 23.7 Å². The molecule has 1 aliphatic heterocycles. The van der Waals surface area contributed by atoms with Crippen molar-refractivity contribution in [1.82, 2.24) is 10.4 Å². The predicted octanol–water partition coefficient (Wildman–Crippen LogP) is 5.02. The maximum atomic E-state index is 12.8. The largest absolute Gasteiger partial charge is 0.457 e. The maximum Gasteiger partial charge on any atom is 0.416 e. The second kappa shape index (κ2) is 12.3. The van der Waals surface area contributed by atoms with Crippen LogP contribution in [-0.4, -0.2) is 56.4 Å². The third-order valence-electron chi connectivity index (χ3n) is 6.94. The highest BCUT2D eigenvalue weighted by molar-refractivity contribution is 7.92. The number of rotatable bonds is 9. The van der Waals surface area contributed by atoms with Gasteiger partial charge in [0.15, 0.2) is 0 Å². The number of alkyl halides is 3. The van der Waals surface area contributed by atoms with Crippen LogP contribution < -0.4 is 14.5 Å². The van der Waals surface area contributed by atoms with Gasteiger partial charge in [-0.05, 0) is 85.9 Å². The summed E-state index contributed by atoms with van der Waals surface area (Å²) in [6.45, 7) is 0.838. The molecule has 0 aromatic heterocycles. The Bertz CT molecular complexity index is 1380. The molecular weight excluding hydrogens is 547 g/mol. The van der Waals surface area contributed by atoms with Crippen LogP contribution in [0.25, 0.3) is 0 Å². The Hall–Kier alpha value is -3.61. The maximum absolute atomic E-state index is 12.8. The smallest absolute Gasteiger partial charge is 0.416 e. The van der Waals surface area contributed by atoms with Crippen LogP contribution in [0.4, 0.5) is 18.9 Å². The van der Waals surface area contributed by atoms with E-state index in [1.54, 1.807) is 5.48 Å². The van der Waals surface area contributed by atoms with Crippen molar-refractivity contribution < 1.29 is 36.3 Å². The molecule has 8 nitrogen and oxygen atoms in total. The molecule has 1 fully saturated rings. The topological polar surface area (TPSA) is 99.2 Å². The first-order valence-corrected chi connectivity index (χ1v) is 14.5. The Morgan fingerprint density at radius 1 is 1.00 bits per heavy atom. The highest BCUT2D eigenvalue weighted by Crippen LogP contribution is 2.33. The number of piperidine rings is 1. The van der Waals surface area contributed by atoms with Gasteiger partial charge in [-0.15, -0.1) is 0 Å². The van der Waals surface area contributed by atoms with Gasteiger partial charge in [0.2, 0.25) is 10.0 Å². The first-order chi connectivity index (χ1) is 19.0. The lowest BCUT2D eigenvalue weighted by molar-refractivity contribution is -0.137. The van der Waals surface area contributed by atoms with Crippen LogP contribution in [0.3, 0.4) is 0 Å². The van der Waals surface area contributed by atoms with E-state index in [1.165, 1.54) is 42.0 Å². The summed E-state index contributed by atoms with van der Waals surface area (Å²) in [6.07, 6.45) is -1.89. The summed E-state index contributed by atoms with van der Waals surface area (Å²) in [5.41, 5.74) is 2.34. The number of hydrogen-bond donors (Lipinski definition) is 2. The molecule has 214 valence electrons. The fourth-order valence-electron chi connectivity index (χ4n) is 4.83. The molecule has 4 rings (SSSR count). The van der Waals surface area contributed by atoms with Gasteiger partial charge < -0.3 is 4.74 Å². The number of sulfonamides is 1. The van der Waals surface area contributed by atoms with E-state index in [0.717, 1.165) is 35.5 Å². The van der Waals surface area contributed by atoms with Gasteiger partial charge in [0.25, 0.3) is 5.91 Å². The van der Waals surface area contributed by atoms with Crippen molar-refractivity contribution in [2.45, 2.75) is 31.0 Å². The van der Waals surface area contributed by atoms with Crippen LogP contribution in [0.5, 0.6) is 11.5 Å². The number of anilines is 1. The summed E-state index contributed by atoms with van der Waals surface area (Å²) in [5.74, 6) is 0.0662. The molecule has 0 unspecified atom stereocenters. The Morgan fingerprint density at radius 2 is 1.55 bits per heavy atom. The number of likely N-dealkylation sites (tertiary alicyclic amines) is 1. The van der Waals surface area contributed by atoms with Gasteiger partial charge in [0.1, 0.15) is 17.5 Å². The quantitative estimate of drug-likeness (QED) is 0.274. The summed E-state index contributed by atoms with van der Waals surface area (Å²) < 4.78 is 70.6. The van der Waals surface area contributed by atoms with Crippen molar-refractivity contribution in [3.05, 3.63) is 90.0 Å². The van der Waals surface area contributed by atoms with E-state index in [9.17, 15) is 31.6 Å². The number of nitrogens with one attached hydrogen (secondary N) is 1. The van der Waals surface area contributed by atoms with Crippen molar-refractivity contribution in [2.75, 3.05) is 30.2 Å². The molecule has 0 aliphatic carbocycles. The van der Waals surface area contributed by atoms with Gasteiger partial charge in [-0.25, -0.2) is 13.9 Å². The number of carbonyl (C=O) groups excluding carboxylic acids is 1. The zero-order chi connectivity index (χ0) is 28.9. The second-order valence-corrected chi connectivity index (χ2v) is 11.5. The zero-order valence-corrected chi connectivity index (χ0v) is 22.5. The predicted molar refractivity (Wildman–Crippen MR) is 144 cm³/mol.